The Bertz CT molecular complexity index is 2120. The quantitative estimate of drug-likeness (QED) is 0.283. The number of nitrogens with zero attached hydrogens (tertiary/aromatic N) is 7. The standard InChI is InChI=1S/C33H33FN8O5/c1-33(2,3)21-13-20-17-37-42(32(46)28(20)24(34)14-21)29-23(18-43)22(7-8-35-29)25-15-26(31(45)40(4)39-25)38-27-6-5-19(16-36-27)30(44)41-9-11-47-12-10-41/h5-8,13-17,43H,9-12,18H2,1-4H3,(H,36,38). The van der Waals surface area contributed by atoms with Crippen molar-refractivity contribution in [1.29, 1.82) is 0 Å². The van der Waals surface area contributed by atoms with Crippen LogP contribution in [0.15, 0.2) is 64.6 Å². The molecule has 5 heterocycles. The van der Waals surface area contributed by atoms with E-state index >= 15 is 4.39 Å². The summed E-state index contributed by atoms with van der Waals surface area (Å²) in [5.41, 5.74) is 0.538. The minimum absolute atomic E-state index is 0.0106. The summed E-state index contributed by atoms with van der Waals surface area (Å²) in [6, 6.07) is 9.37. The monoisotopic (exact) mass is 640 g/mol. The van der Waals surface area contributed by atoms with Crippen LogP contribution in [0, 0.1) is 5.82 Å². The molecule has 6 rings (SSSR count). The largest absolute Gasteiger partial charge is 0.392 e. The summed E-state index contributed by atoms with van der Waals surface area (Å²) < 4.78 is 22.7. The van der Waals surface area contributed by atoms with Crippen LogP contribution in [0.25, 0.3) is 27.8 Å². The first kappa shape index (κ1) is 31.6. The number of halogens is 1. The minimum Gasteiger partial charge on any atom is -0.392 e. The van der Waals surface area contributed by atoms with Gasteiger partial charge in [0.25, 0.3) is 17.0 Å². The summed E-state index contributed by atoms with van der Waals surface area (Å²) in [6.07, 6.45) is 4.24. The predicted octanol–water partition coefficient (Wildman–Crippen LogP) is 3.08. The van der Waals surface area contributed by atoms with Gasteiger partial charge in [0.2, 0.25) is 0 Å². The van der Waals surface area contributed by atoms with Gasteiger partial charge in [-0.25, -0.2) is 19.0 Å². The number of fused-ring (bicyclic) bond motifs is 1. The zero-order chi connectivity index (χ0) is 33.5. The Balaban J connectivity index is 1.36. The van der Waals surface area contributed by atoms with Gasteiger partial charge in [-0.2, -0.15) is 14.9 Å². The van der Waals surface area contributed by atoms with Crippen LogP contribution in [-0.2, 0) is 23.8 Å². The van der Waals surface area contributed by atoms with E-state index in [1.165, 1.54) is 37.8 Å². The molecule has 1 aliphatic rings. The first-order valence-electron chi connectivity index (χ1n) is 15.0. The van der Waals surface area contributed by atoms with Crippen molar-refractivity contribution in [3.63, 3.8) is 0 Å². The van der Waals surface area contributed by atoms with E-state index in [0.717, 1.165) is 14.9 Å². The molecule has 5 aromatic rings. The Morgan fingerprint density at radius 3 is 2.49 bits per heavy atom. The molecule has 47 heavy (non-hydrogen) atoms. The van der Waals surface area contributed by atoms with Gasteiger partial charge >= 0.3 is 0 Å². The van der Waals surface area contributed by atoms with Crippen LogP contribution in [-0.4, -0.2) is 71.7 Å². The van der Waals surface area contributed by atoms with Crippen molar-refractivity contribution in [2.45, 2.75) is 32.8 Å². The van der Waals surface area contributed by atoms with E-state index in [9.17, 15) is 19.5 Å². The predicted molar refractivity (Wildman–Crippen MR) is 172 cm³/mol. The van der Waals surface area contributed by atoms with Crippen molar-refractivity contribution in [3.8, 4) is 17.1 Å². The molecule has 14 heteroatoms. The summed E-state index contributed by atoms with van der Waals surface area (Å²) in [6.45, 7) is 7.24. The molecule has 1 fully saturated rings. The van der Waals surface area contributed by atoms with Crippen LogP contribution < -0.4 is 16.4 Å². The first-order chi connectivity index (χ1) is 22.5. The molecule has 0 bridgehead atoms. The number of hydrogen-bond acceptors (Lipinski definition) is 10. The summed E-state index contributed by atoms with van der Waals surface area (Å²) >= 11 is 0. The van der Waals surface area contributed by atoms with Crippen LogP contribution in [0.1, 0.15) is 42.3 Å². The Morgan fingerprint density at radius 1 is 1.04 bits per heavy atom. The maximum Gasteiger partial charge on any atom is 0.290 e. The van der Waals surface area contributed by atoms with E-state index in [1.807, 2.05) is 20.8 Å². The molecule has 2 N–H and O–H groups in total. The molecule has 1 aliphatic heterocycles. The average molecular weight is 641 g/mol. The number of hydrogen-bond donors (Lipinski definition) is 2. The molecule has 0 spiro atoms. The number of nitrogens with one attached hydrogen (secondary N) is 1. The number of aliphatic hydroxyl groups excluding tert-OH is 1. The molecule has 0 atom stereocenters. The molecule has 0 unspecified atom stereocenters. The van der Waals surface area contributed by atoms with Crippen LogP contribution in [0.3, 0.4) is 0 Å². The molecule has 1 aromatic carbocycles. The van der Waals surface area contributed by atoms with Gasteiger partial charge in [-0.3, -0.25) is 14.4 Å². The zero-order valence-corrected chi connectivity index (χ0v) is 26.3. The number of aryl methyl sites for hydroxylation is 1. The number of anilines is 2. The van der Waals surface area contributed by atoms with Crippen molar-refractivity contribution in [1.82, 2.24) is 34.4 Å². The Hall–Kier alpha value is -5.34. The molecule has 1 amide bonds. The molecule has 242 valence electrons. The number of rotatable bonds is 6. The number of amides is 1. The molecule has 0 aliphatic carbocycles. The topological polar surface area (TPSA) is 157 Å². The molecular formula is C33H33FN8O5. The lowest BCUT2D eigenvalue weighted by Crippen LogP contribution is -2.40. The fourth-order valence-corrected chi connectivity index (χ4v) is 5.39. The van der Waals surface area contributed by atoms with Crippen molar-refractivity contribution in [3.05, 3.63) is 98.2 Å². The van der Waals surface area contributed by atoms with Gasteiger partial charge < -0.3 is 20.1 Å². The fraction of sp³-hybridized carbons (Fsp3) is 0.303. The van der Waals surface area contributed by atoms with Gasteiger partial charge in [-0.1, -0.05) is 20.8 Å². The highest BCUT2D eigenvalue weighted by Gasteiger charge is 2.22. The number of carbonyl (C=O) groups is 1. The maximum atomic E-state index is 15.3. The highest BCUT2D eigenvalue weighted by molar-refractivity contribution is 5.94. The van der Waals surface area contributed by atoms with Crippen LogP contribution >= 0.6 is 0 Å². The number of morpholine rings is 1. The van der Waals surface area contributed by atoms with Gasteiger partial charge in [0.05, 0.1) is 42.7 Å². The van der Waals surface area contributed by atoms with E-state index in [1.54, 1.807) is 29.2 Å². The van der Waals surface area contributed by atoms with Gasteiger partial charge in [-0.15, -0.1) is 0 Å². The number of pyridine rings is 2. The number of carbonyl (C=O) groups excluding carboxylic acids is 1. The summed E-state index contributed by atoms with van der Waals surface area (Å²) in [5.74, 6) is -0.530. The van der Waals surface area contributed by atoms with Gasteiger partial charge in [0, 0.05) is 49.0 Å². The Morgan fingerprint density at radius 2 is 1.81 bits per heavy atom. The van der Waals surface area contributed by atoms with E-state index in [-0.39, 0.29) is 39.5 Å². The second-order valence-electron chi connectivity index (χ2n) is 12.2. The second kappa shape index (κ2) is 12.5. The minimum atomic E-state index is -0.739. The number of aromatic nitrogens is 6. The molecule has 0 saturated carbocycles. The molecule has 1 saturated heterocycles. The molecule has 4 aromatic heterocycles. The third-order valence-corrected chi connectivity index (χ3v) is 8.01. The van der Waals surface area contributed by atoms with Crippen LogP contribution in [0.4, 0.5) is 15.9 Å². The van der Waals surface area contributed by atoms with Crippen molar-refractivity contribution < 1.29 is 19.0 Å². The lowest BCUT2D eigenvalue weighted by molar-refractivity contribution is 0.0302. The Kier molecular flexibility index (Phi) is 8.38. The average Bonchev–Trinajstić information content (AvgIpc) is 3.06. The lowest BCUT2D eigenvalue weighted by Gasteiger charge is -2.26. The molecule has 0 radical (unpaired) electrons. The van der Waals surface area contributed by atoms with E-state index in [0.29, 0.717) is 48.6 Å². The first-order valence-corrected chi connectivity index (χ1v) is 15.0. The number of benzene rings is 1. The van der Waals surface area contributed by atoms with Crippen molar-refractivity contribution in [2.24, 2.45) is 7.05 Å². The zero-order valence-electron chi connectivity index (χ0n) is 26.3. The van der Waals surface area contributed by atoms with Gasteiger partial charge in [0.1, 0.15) is 17.3 Å². The summed E-state index contributed by atoms with van der Waals surface area (Å²) in [4.78, 5) is 49.7. The third kappa shape index (κ3) is 6.12. The SMILES string of the molecule is Cn1nc(-c2ccnc(-n3ncc4cc(C(C)(C)C)cc(F)c4c3=O)c2CO)cc(Nc2ccc(C(=O)N3CCOCC3)cn2)c1=O. The Labute approximate surface area is 268 Å². The van der Waals surface area contributed by atoms with E-state index in [2.05, 4.69) is 25.5 Å². The van der Waals surface area contributed by atoms with E-state index in [4.69, 9.17) is 4.74 Å². The normalized spacial score (nSPS) is 13.6. The van der Waals surface area contributed by atoms with Gasteiger partial charge in [-0.05, 0) is 47.4 Å². The second-order valence-corrected chi connectivity index (χ2v) is 12.2. The molecule has 13 nitrogen and oxygen atoms in total. The summed E-state index contributed by atoms with van der Waals surface area (Å²) in [7, 11) is 1.47. The van der Waals surface area contributed by atoms with Crippen molar-refractivity contribution >= 4 is 28.2 Å². The van der Waals surface area contributed by atoms with Crippen LogP contribution in [0.5, 0.6) is 0 Å². The van der Waals surface area contributed by atoms with Gasteiger partial charge in [0.15, 0.2) is 5.82 Å². The highest BCUT2D eigenvalue weighted by Crippen LogP contribution is 2.29. The molecular weight excluding hydrogens is 607 g/mol. The lowest BCUT2D eigenvalue weighted by atomic mass is 9.86. The van der Waals surface area contributed by atoms with E-state index < -0.39 is 23.5 Å². The third-order valence-electron chi connectivity index (χ3n) is 8.01. The maximum absolute atomic E-state index is 15.3. The highest BCUT2D eigenvalue weighted by atomic mass is 19.1. The number of aliphatic hydroxyl groups is 1. The van der Waals surface area contributed by atoms with Crippen molar-refractivity contribution in [2.75, 3.05) is 31.6 Å². The van der Waals surface area contributed by atoms with Crippen LogP contribution in [0.2, 0.25) is 0 Å². The number of ether oxygens (including phenoxy) is 1. The smallest absolute Gasteiger partial charge is 0.290 e. The summed E-state index contributed by atoms with van der Waals surface area (Å²) in [5, 5.41) is 22.3. The fourth-order valence-electron chi connectivity index (χ4n) is 5.39.